The van der Waals surface area contributed by atoms with E-state index < -0.39 is 0 Å². The molecule has 0 fully saturated rings. The first-order chi connectivity index (χ1) is 8.65. The lowest BCUT2D eigenvalue weighted by atomic mass is 10.1. The van der Waals surface area contributed by atoms with Crippen LogP contribution >= 0.6 is 0 Å². The number of ether oxygens (including phenoxy) is 2. The van der Waals surface area contributed by atoms with Crippen molar-refractivity contribution in [3.63, 3.8) is 0 Å². The zero-order valence-corrected chi connectivity index (χ0v) is 9.93. The third kappa shape index (κ3) is 2.82. The number of aromatic nitrogens is 1. The summed E-state index contributed by atoms with van der Waals surface area (Å²) in [6.07, 6.45) is 0.464. The summed E-state index contributed by atoms with van der Waals surface area (Å²) in [5, 5.41) is 2.40. The number of anilines is 1. The van der Waals surface area contributed by atoms with Crippen LogP contribution < -0.4 is 10.1 Å². The minimum atomic E-state index is -0.0754. The van der Waals surface area contributed by atoms with Crippen molar-refractivity contribution < 1.29 is 23.9 Å². The van der Waals surface area contributed by atoms with E-state index in [-0.39, 0.29) is 31.1 Å². The van der Waals surface area contributed by atoms with Crippen molar-refractivity contribution >= 4 is 25.2 Å². The summed E-state index contributed by atoms with van der Waals surface area (Å²) in [6.45, 7) is 3.80. The van der Waals surface area contributed by atoms with Crippen molar-refractivity contribution in [2.24, 2.45) is 0 Å². The summed E-state index contributed by atoms with van der Waals surface area (Å²) in [6, 6.07) is 0. The molecular weight excluding hydrogens is 240 g/mol. The van der Waals surface area contributed by atoms with E-state index >= 15 is 0 Å². The Morgan fingerprint density at radius 2 is 1.94 bits per heavy atom. The maximum atomic E-state index is 10.5. The van der Waals surface area contributed by atoms with Gasteiger partial charge >= 0.3 is 0 Å². The lowest BCUT2D eigenvalue weighted by Crippen LogP contribution is -2.09. The quantitative estimate of drug-likeness (QED) is 0.709. The second kappa shape index (κ2) is 6.33. The number of rotatable bonds is 7. The Balaban J connectivity index is 3.30. The van der Waals surface area contributed by atoms with Crippen LogP contribution in [0.1, 0.15) is 16.8 Å². The van der Waals surface area contributed by atoms with E-state index in [2.05, 4.69) is 15.0 Å². The maximum Gasteiger partial charge on any atom is 0.298 e. The van der Waals surface area contributed by atoms with E-state index in [0.29, 0.717) is 23.2 Å². The summed E-state index contributed by atoms with van der Waals surface area (Å²) in [5.74, 6) is 0.547. The molecule has 0 aliphatic rings. The monoisotopic (exact) mass is 252 g/mol. The smallest absolute Gasteiger partial charge is 0.298 e. The molecule has 0 unspecified atom stereocenters. The molecule has 0 aliphatic heterocycles. The predicted octanol–water partition coefficient (Wildman–Crippen LogP) is 0.475. The fourth-order valence-electron chi connectivity index (χ4n) is 1.56. The summed E-state index contributed by atoms with van der Waals surface area (Å²) in [4.78, 5) is 35.2. The molecule has 0 atom stereocenters. The number of aryl methyl sites for hydroxylation is 1. The van der Waals surface area contributed by atoms with Crippen LogP contribution in [0, 0.1) is 13.8 Å². The number of nitrogens with one attached hydrogen (secondary N) is 1. The molecule has 0 aliphatic carbocycles. The molecule has 0 radical (unpaired) electrons. The summed E-state index contributed by atoms with van der Waals surface area (Å²) < 4.78 is 9.46. The highest BCUT2D eigenvalue weighted by atomic mass is 16.5. The molecule has 96 valence electrons. The molecule has 0 saturated heterocycles. The van der Waals surface area contributed by atoms with Gasteiger partial charge in [-0.1, -0.05) is 0 Å². The van der Waals surface area contributed by atoms with Gasteiger partial charge in [0, 0.05) is 11.1 Å². The lowest BCUT2D eigenvalue weighted by molar-refractivity contribution is -0.129. The third-order valence-corrected chi connectivity index (χ3v) is 2.34. The molecule has 0 aromatic carbocycles. The number of hydrogen-bond acceptors (Lipinski definition) is 6. The van der Waals surface area contributed by atoms with Gasteiger partial charge in [0.1, 0.15) is 12.4 Å². The minimum Gasteiger partial charge on any atom is -0.463 e. The van der Waals surface area contributed by atoms with E-state index in [1.165, 1.54) is 0 Å². The van der Waals surface area contributed by atoms with Crippen molar-refractivity contribution in [1.82, 2.24) is 4.98 Å². The van der Waals surface area contributed by atoms with Gasteiger partial charge in [-0.2, -0.15) is 0 Å². The van der Waals surface area contributed by atoms with E-state index in [9.17, 15) is 14.4 Å². The van der Waals surface area contributed by atoms with Crippen LogP contribution in [-0.2, 0) is 25.7 Å². The SMILES string of the molecule is Cc1nc(NC=O)c(COC=O)c(C)c1OC=O. The van der Waals surface area contributed by atoms with Crippen LogP contribution in [0.15, 0.2) is 0 Å². The molecule has 18 heavy (non-hydrogen) atoms. The van der Waals surface area contributed by atoms with Crippen LogP contribution in [0.3, 0.4) is 0 Å². The molecule has 0 spiro atoms. The molecule has 1 aromatic heterocycles. The molecule has 1 amide bonds. The van der Waals surface area contributed by atoms with Gasteiger partial charge in [-0.05, 0) is 13.8 Å². The Morgan fingerprint density at radius 1 is 1.22 bits per heavy atom. The summed E-state index contributed by atoms with van der Waals surface area (Å²) in [7, 11) is 0. The average molecular weight is 252 g/mol. The Hall–Kier alpha value is -2.44. The molecule has 1 heterocycles. The lowest BCUT2D eigenvalue weighted by Gasteiger charge is -2.14. The second-order valence-electron chi connectivity index (χ2n) is 3.36. The zero-order chi connectivity index (χ0) is 13.5. The van der Waals surface area contributed by atoms with E-state index in [0.717, 1.165) is 0 Å². The molecule has 7 heteroatoms. The van der Waals surface area contributed by atoms with Gasteiger partial charge in [0.05, 0.1) is 5.69 Å². The van der Waals surface area contributed by atoms with Crippen molar-refractivity contribution in [3.8, 4) is 5.75 Å². The first-order valence-electron chi connectivity index (χ1n) is 5.01. The standard InChI is InChI=1S/C11H12N2O5/c1-7-9(3-17-5-15)11(12-4-14)13-8(2)10(7)18-6-16/h4-6H,3H2,1-2H3,(H,12,13,14). The highest BCUT2D eigenvalue weighted by molar-refractivity contribution is 5.73. The first kappa shape index (κ1) is 13.6. The number of carbonyl (C=O) groups is 3. The van der Waals surface area contributed by atoms with Gasteiger partial charge in [-0.15, -0.1) is 0 Å². The van der Waals surface area contributed by atoms with Gasteiger partial charge in [0.15, 0.2) is 5.75 Å². The second-order valence-corrected chi connectivity index (χ2v) is 3.36. The summed E-state index contributed by atoms with van der Waals surface area (Å²) in [5.41, 5.74) is 1.48. The predicted molar refractivity (Wildman–Crippen MR) is 60.9 cm³/mol. The number of pyridine rings is 1. The number of hydrogen-bond donors (Lipinski definition) is 1. The van der Waals surface area contributed by atoms with Crippen LogP contribution in [0.2, 0.25) is 0 Å². The van der Waals surface area contributed by atoms with Gasteiger partial charge in [0.25, 0.3) is 12.9 Å². The Labute approximate surface area is 103 Å². The summed E-state index contributed by atoms with van der Waals surface area (Å²) >= 11 is 0. The Morgan fingerprint density at radius 3 is 2.50 bits per heavy atom. The maximum absolute atomic E-state index is 10.5. The van der Waals surface area contributed by atoms with Crippen molar-refractivity contribution in [1.29, 1.82) is 0 Å². The number of nitrogens with zero attached hydrogens (tertiary/aromatic N) is 1. The highest BCUT2D eigenvalue weighted by Crippen LogP contribution is 2.29. The van der Waals surface area contributed by atoms with E-state index in [1.54, 1.807) is 13.8 Å². The zero-order valence-electron chi connectivity index (χ0n) is 9.93. The molecule has 7 nitrogen and oxygen atoms in total. The molecule has 1 N–H and O–H groups in total. The van der Waals surface area contributed by atoms with E-state index in [1.807, 2.05) is 0 Å². The Bertz CT molecular complexity index is 473. The molecular formula is C11H12N2O5. The van der Waals surface area contributed by atoms with Gasteiger partial charge in [-0.25, -0.2) is 4.98 Å². The fraction of sp³-hybridized carbons (Fsp3) is 0.273. The normalized spacial score (nSPS) is 9.44. The van der Waals surface area contributed by atoms with Crippen molar-refractivity contribution in [3.05, 3.63) is 16.8 Å². The van der Waals surface area contributed by atoms with Crippen molar-refractivity contribution in [2.75, 3.05) is 5.32 Å². The topological polar surface area (TPSA) is 94.6 Å². The van der Waals surface area contributed by atoms with Gasteiger partial charge in [0.2, 0.25) is 6.41 Å². The minimum absolute atomic E-state index is 0.0754. The fourth-order valence-corrected chi connectivity index (χ4v) is 1.56. The molecule has 0 saturated carbocycles. The van der Waals surface area contributed by atoms with E-state index in [4.69, 9.17) is 4.74 Å². The van der Waals surface area contributed by atoms with Gasteiger partial charge in [-0.3, -0.25) is 14.4 Å². The van der Waals surface area contributed by atoms with Crippen LogP contribution in [0.4, 0.5) is 5.82 Å². The van der Waals surface area contributed by atoms with Gasteiger partial charge < -0.3 is 14.8 Å². The van der Waals surface area contributed by atoms with Crippen molar-refractivity contribution in [2.45, 2.75) is 20.5 Å². The van der Waals surface area contributed by atoms with Crippen LogP contribution in [0.5, 0.6) is 5.75 Å². The first-order valence-corrected chi connectivity index (χ1v) is 5.01. The molecule has 1 rings (SSSR count). The third-order valence-electron chi connectivity index (χ3n) is 2.34. The Kier molecular flexibility index (Phi) is 4.79. The number of amides is 1. The molecule has 0 bridgehead atoms. The largest absolute Gasteiger partial charge is 0.463 e. The number of carbonyl (C=O) groups excluding carboxylic acids is 3. The van der Waals surface area contributed by atoms with Crippen LogP contribution in [-0.4, -0.2) is 24.3 Å². The molecule has 1 aromatic rings. The highest BCUT2D eigenvalue weighted by Gasteiger charge is 2.16. The van der Waals surface area contributed by atoms with Crippen LogP contribution in [0.25, 0.3) is 0 Å². The average Bonchev–Trinajstić information content (AvgIpc) is 2.34.